The molecule has 0 atom stereocenters. The van der Waals surface area contributed by atoms with Gasteiger partial charge < -0.3 is 4.74 Å². The molecule has 0 radical (unpaired) electrons. The average Bonchev–Trinajstić information content (AvgIpc) is 2.51. The molecule has 0 aliphatic heterocycles. The molecule has 0 aliphatic rings. The molecule has 0 bridgehead atoms. The lowest BCUT2D eigenvalue weighted by Gasteiger charge is -2.08. The second-order valence-corrected chi connectivity index (χ2v) is 7.61. The van der Waals surface area contributed by atoms with E-state index in [1.165, 1.54) is 36.4 Å². The average molecular weight is 402 g/mol. The van der Waals surface area contributed by atoms with E-state index < -0.39 is 28.4 Å². The van der Waals surface area contributed by atoms with Crippen LogP contribution in [0.15, 0.2) is 42.5 Å². The Labute approximate surface area is 154 Å². The maximum atomic E-state index is 12.1. The summed E-state index contributed by atoms with van der Waals surface area (Å²) in [4.78, 5) is 24.1. The summed E-state index contributed by atoms with van der Waals surface area (Å²) in [5.41, 5.74) is 0.572. The molecule has 0 saturated carbocycles. The summed E-state index contributed by atoms with van der Waals surface area (Å²) in [5, 5.41) is 0.252. The summed E-state index contributed by atoms with van der Waals surface area (Å²) in [6.45, 7) is -0.501. The number of halogens is 2. The van der Waals surface area contributed by atoms with Gasteiger partial charge in [0.1, 0.15) is 0 Å². The first-order valence-corrected chi connectivity index (χ1v) is 9.54. The number of nitrogens with one attached hydrogen (secondary N) is 1. The van der Waals surface area contributed by atoms with Gasteiger partial charge in [-0.2, -0.15) is 0 Å². The van der Waals surface area contributed by atoms with Gasteiger partial charge in [0.15, 0.2) is 12.4 Å². The van der Waals surface area contributed by atoms with Gasteiger partial charge >= 0.3 is 5.97 Å². The van der Waals surface area contributed by atoms with Gasteiger partial charge in [0.2, 0.25) is 10.0 Å². The molecule has 0 heterocycles. The Balaban J connectivity index is 2.02. The molecule has 0 spiro atoms. The van der Waals surface area contributed by atoms with Crippen molar-refractivity contribution in [2.24, 2.45) is 0 Å². The number of sulfonamides is 1. The summed E-state index contributed by atoms with van der Waals surface area (Å²) in [6.07, 6.45) is 1.02. The fraction of sp³-hybridized carbons (Fsp3) is 0.125. The highest BCUT2D eigenvalue weighted by Gasteiger charge is 2.18. The Hall–Kier alpha value is -2.09. The number of carbonyl (C=O) groups excluding carboxylic acids is 2. The van der Waals surface area contributed by atoms with Crippen LogP contribution in [0.25, 0.3) is 0 Å². The largest absolute Gasteiger partial charge is 0.454 e. The number of ether oxygens (including phenoxy) is 1. The van der Waals surface area contributed by atoms with Crippen LogP contribution >= 0.6 is 23.2 Å². The first-order valence-electron chi connectivity index (χ1n) is 6.89. The molecule has 0 aliphatic carbocycles. The number of anilines is 1. The summed E-state index contributed by atoms with van der Waals surface area (Å²) in [5.74, 6) is -1.26. The Morgan fingerprint density at radius 1 is 1.04 bits per heavy atom. The minimum Gasteiger partial charge on any atom is -0.454 e. The number of hydrogen-bond acceptors (Lipinski definition) is 5. The number of ketones is 1. The van der Waals surface area contributed by atoms with Gasteiger partial charge in [-0.1, -0.05) is 29.3 Å². The van der Waals surface area contributed by atoms with Gasteiger partial charge in [0.05, 0.1) is 21.9 Å². The Morgan fingerprint density at radius 3 is 2.12 bits per heavy atom. The number of hydrogen-bond donors (Lipinski definition) is 1. The van der Waals surface area contributed by atoms with Crippen LogP contribution in [-0.4, -0.2) is 33.0 Å². The van der Waals surface area contributed by atoms with Crippen molar-refractivity contribution in [1.82, 2.24) is 0 Å². The van der Waals surface area contributed by atoms with E-state index in [1.54, 1.807) is 6.07 Å². The number of rotatable bonds is 6. The molecule has 9 heteroatoms. The van der Waals surface area contributed by atoms with Crippen LogP contribution in [0.3, 0.4) is 0 Å². The van der Waals surface area contributed by atoms with Gasteiger partial charge in [0.25, 0.3) is 0 Å². The van der Waals surface area contributed by atoms with Crippen LogP contribution < -0.4 is 4.72 Å². The van der Waals surface area contributed by atoms with E-state index in [-0.39, 0.29) is 21.2 Å². The summed E-state index contributed by atoms with van der Waals surface area (Å²) in [6, 6.07) is 10.3. The highest BCUT2D eigenvalue weighted by Crippen LogP contribution is 2.25. The molecule has 1 N–H and O–H groups in total. The third kappa shape index (κ3) is 5.45. The SMILES string of the molecule is CS(=O)(=O)Nc1ccc(C(=O)COC(=O)c2c(Cl)cccc2Cl)cc1. The van der Waals surface area contributed by atoms with Crippen LogP contribution in [0.1, 0.15) is 20.7 Å². The zero-order valence-electron chi connectivity index (χ0n) is 13.0. The molecule has 0 aromatic heterocycles. The standard InChI is InChI=1S/C16H13Cl2NO5S/c1-25(22,23)19-11-7-5-10(6-8-11)14(20)9-24-16(21)15-12(17)3-2-4-13(15)18/h2-8,19H,9H2,1H3. The van der Waals surface area contributed by atoms with Gasteiger partial charge in [-0.05, 0) is 36.4 Å². The molecule has 2 rings (SSSR count). The van der Waals surface area contributed by atoms with Gasteiger partial charge in [-0.25, -0.2) is 13.2 Å². The van der Waals surface area contributed by atoms with Crippen LogP contribution in [-0.2, 0) is 14.8 Å². The number of benzene rings is 2. The molecule has 0 saturated heterocycles. The maximum Gasteiger partial charge on any atom is 0.341 e. The first-order chi connectivity index (χ1) is 11.7. The van der Waals surface area contributed by atoms with Crippen LogP contribution in [0.5, 0.6) is 0 Å². The molecule has 132 valence electrons. The Bertz CT molecular complexity index is 890. The van der Waals surface area contributed by atoms with Crippen LogP contribution in [0.2, 0.25) is 10.0 Å². The zero-order chi connectivity index (χ0) is 18.6. The lowest BCUT2D eigenvalue weighted by atomic mass is 10.1. The van der Waals surface area contributed by atoms with Crippen molar-refractivity contribution in [3.63, 3.8) is 0 Å². The molecular formula is C16H13Cl2NO5S. The van der Waals surface area contributed by atoms with E-state index in [0.717, 1.165) is 6.26 Å². The van der Waals surface area contributed by atoms with E-state index in [1.807, 2.05) is 0 Å². The fourth-order valence-corrected chi connectivity index (χ4v) is 3.03. The van der Waals surface area contributed by atoms with E-state index in [0.29, 0.717) is 5.69 Å². The van der Waals surface area contributed by atoms with Crippen molar-refractivity contribution >= 4 is 50.7 Å². The Kier molecular flexibility index (Phi) is 6.05. The summed E-state index contributed by atoms with van der Waals surface area (Å²) < 4.78 is 29.5. The van der Waals surface area contributed by atoms with E-state index in [2.05, 4.69) is 4.72 Å². The first kappa shape index (κ1) is 19.2. The van der Waals surface area contributed by atoms with Crippen LogP contribution in [0.4, 0.5) is 5.69 Å². The van der Waals surface area contributed by atoms with E-state index >= 15 is 0 Å². The van der Waals surface area contributed by atoms with Crippen molar-refractivity contribution in [1.29, 1.82) is 0 Å². The van der Waals surface area contributed by atoms with E-state index in [4.69, 9.17) is 27.9 Å². The van der Waals surface area contributed by atoms with Crippen molar-refractivity contribution in [2.75, 3.05) is 17.6 Å². The van der Waals surface area contributed by atoms with Gasteiger partial charge in [-0.15, -0.1) is 0 Å². The second-order valence-electron chi connectivity index (χ2n) is 5.05. The third-order valence-corrected chi connectivity index (χ3v) is 4.25. The van der Waals surface area contributed by atoms with E-state index in [9.17, 15) is 18.0 Å². The molecule has 0 amide bonds. The molecule has 0 fully saturated rings. The fourth-order valence-electron chi connectivity index (χ4n) is 1.92. The quantitative estimate of drug-likeness (QED) is 0.591. The monoisotopic (exact) mass is 401 g/mol. The summed E-state index contributed by atoms with van der Waals surface area (Å²) in [7, 11) is -3.40. The second kappa shape index (κ2) is 7.86. The van der Waals surface area contributed by atoms with Crippen LogP contribution in [0, 0.1) is 0 Å². The summed E-state index contributed by atoms with van der Waals surface area (Å²) >= 11 is 11.8. The van der Waals surface area contributed by atoms with Crippen molar-refractivity contribution in [3.8, 4) is 0 Å². The van der Waals surface area contributed by atoms with Crippen molar-refractivity contribution < 1.29 is 22.7 Å². The highest BCUT2D eigenvalue weighted by molar-refractivity contribution is 7.92. The number of esters is 1. The van der Waals surface area contributed by atoms with Crippen molar-refractivity contribution in [2.45, 2.75) is 0 Å². The third-order valence-electron chi connectivity index (χ3n) is 3.01. The molecule has 25 heavy (non-hydrogen) atoms. The molecule has 0 unspecified atom stereocenters. The molecule has 2 aromatic rings. The predicted molar refractivity (Wildman–Crippen MR) is 96.0 cm³/mol. The van der Waals surface area contributed by atoms with Gasteiger partial charge in [0, 0.05) is 11.3 Å². The minimum atomic E-state index is -3.40. The van der Waals surface area contributed by atoms with Gasteiger partial charge in [-0.3, -0.25) is 9.52 Å². The zero-order valence-corrected chi connectivity index (χ0v) is 15.3. The minimum absolute atomic E-state index is 0.00802. The smallest absolute Gasteiger partial charge is 0.341 e. The predicted octanol–water partition coefficient (Wildman–Crippen LogP) is 3.40. The number of carbonyl (C=O) groups is 2. The Morgan fingerprint density at radius 2 is 1.60 bits per heavy atom. The topological polar surface area (TPSA) is 89.5 Å². The lowest BCUT2D eigenvalue weighted by Crippen LogP contribution is -2.15. The molecule has 2 aromatic carbocycles. The van der Waals surface area contributed by atoms with Crippen molar-refractivity contribution in [3.05, 3.63) is 63.6 Å². The highest BCUT2D eigenvalue weighted by atomic mass is 35.5. The normalized spacial score (nSPS) is 11.0. The number of Topliss-reactive ketones (excluding diaryl/α,β-unsaturated/α-hetero) is 1. The molecular weight excluding hydrogens is 389 g/mol. The lowest BCUT2D eigenvalue weighted by molar-refractivity contribution is 0.0475. The maximum absolute atomic E-state index is 12.1. The molecule has 6 nitrogen and oxygen atoms in total.